The van der Waals surface area contributed by atoms with Crippen LogP contribution in [-0.2, 0) is 0 Å². The highest BCUT2D eigenvalue weighted by Gasteiger charge is 2.37. The van der Waals surface area contributed by atoms with E-state index in [1.807, 2.05) is 0 Å². The predicted octanol–water partition coefficient (Wildman–Crippen LogP) is 0.293. The van der Waals surface area contributed by atoms with E-state index in [0.29, 0.717) is 12.1 Å². The lowest BCUT2D eigenvalue weighted by molar-refractivity contribution is 0.145. The highest BCUT2D eigenvalue weighted by molar-refractivity contribution is 5.85. The van der Waals surface area contributed by atoms with E-state index in [0.717, 1.165) is 6.42 Å². The van der Waals surface area contributed by atoms with Crippen molar-refractivity contribution in [2.45, 2.75) is 37.5 Å². The van der Waals surface area contributed by atoms with Crippen molar-refractivity contribution < 1.29 is 5.11 Å². The average Bonchev–Trinajstić information content (AvgIpc) is 2.23. The number of hydrogen-bond donors (Lipinski definition) is 2. The van der Waals surface area contributed by atoms with Gasteiger partial charge in [0.2, 0.25) is 0 Å². The second-order valence-corrected chi connectivity index (χ2v) is 2.85. The number of fused-ring (bicyclic) bond motifs is 2. The summed E-state index contributed by atoms with van der Waals surface area (Å²) in [5.41, 5.74) is 0. The van der Waals surface area contributed by atoms with Crippen LogP contribution in [-0.4, -0.2) is 23.3 Å². The Hall–Kier alpha value is 0.210. The third kappa shape index (κ3) is 1.07. The van der Waals surface area contributed by atoms with Crippen LogP contribution >= 0.6 is 12.4 Å². The molecule has 0 aromatic rings. The fourth-order valence-corrected chi connectivity index (χ4v) is 1.80. The standard InChI is InChI=1S/C6H11NO.ClH/c8-6-3-4-1-2-5(6)7-4;/h4-8H,1-3H2;1H/t4-,5?,6+;/m1./s1. The number of halogens is 1. The number of hydrogen-bond acceptors (Lipinski definition) is 2. The zero-order valence-electron chi connectivity index (χ0n) is 5.21. The Balaban J connectivity index is 0.000000405. The van der Waals surface area contributed by atoms with Crippen LogP contribution in [0.4, 0.5) is 0 Å². The molecule has 2 bridgehead atoms. The van der Waals surface area contributed by atoms with Gasteiger partial charge >= 0.3 is 0 Å². The minimum atomic E-state index is -0.0336. The lowest BCUT2D eigenvalue weighted by Crippen LogP contribution is -2.26. The lowest BCUT2D eigenvalue weighted by Gasteiger charge is -2.12. The van der Waals surface area contributed by atoms with Gasteiger partial charge in [0, 0.05) is 12.1 Å². The molecule has 1 unspecified atom stereocenters. The van der Waals surface area contributed by atoms with E-state index in [1.54, 1.807) is 0 Å². The molecule has 0 aliphatic carbocycles. The molecule has 2 saturated heterocycles. The van der Waals surface area contributed by atoms with E-state index >= 15 is 0 Å². The molecular formula is C6H12ClNO. The predicted molar refractivity (Wildman–Crippen MR) is 37.8 cm³/mol. The van der Waals surface area contributed by atoms with E-state index < -0.39 is 0 Å². The maximum atomic E-state index is 9.16. The summed E-state index contributed by atoms with van der Waals surface area (Å²) in [6.45, 7) is 0. The number of rotatable bonds is 0. The molecule has 2 rings (SSSR count). The van der Waals surface area contributed by atoms with Crippen LogP contribution < -0.4 is 5.32 Å². The van der Waals surface area contributed by atoms with Gasteiger partial charge in [0.15, 0.2) is 0 Å². The van der Waals surface area contributed by atoms with E-state index in [-0.39, 0.29) is 18.5 Å². The van der Waals surface area contributed by atoms with E-state index in [1.165, 1.54) is 12.8 Å². The first kappa shape index (κ1) is 7.32. The summed E-state index contributed by atoms with van der Waals surface area (Å²) in [4.78, 5) is 0. The summed E-state index contributed by atoms with van der Waals surface area (Å²) >= 11 is 0. The van der Waals surface area contributed by atoms with Gasteiger partial charge in [-0.2, -0.15) is 0 Å². The topological polar surface area (TPSA) is 32.3 Å². The zero-order valence-corrected chi connectivity index (χ0v) is 6.03. The maximum absolute atomic E-state index is 9.16. The second-order valence-electron chi connectivity index (χ2n) is 2.85. The van der Waals surface area contributed by atoms with Crippen LogP contribution in [0.2, 0.25) is 0 Å². The van der Waals surface area contributed by atoms with Gasteiger partial charge in [-0.15, -0.1) is 12.4 Å². The molecule has 0 saturated carbocycles. The Morgan fingerprint density at radius 2 is 2.11 bits per heavy atom. The largest absolute Gasteiger partial charge is 0.391 e. The zero-order chi connectivity index (χ0) is 5.56. The first-order valence-electron chi connectivity index (χ1n) is 3.30. The molecule has 54 valence electrons. The SMILES string of the molecule is Cl.O[C@H]1C[C@H]2CCC1N2. The van der Waals surface area contributed by atoms with Crippen LogP contribution in [0.25, 0.3) is 0 Å². The normalized spacial score (nSPS) is 47.0. The van der Waals surface area contributed by atoms with Crippen molar-refractivity contribution in [2.75, 3.05) is 0 Å². The smallest absolute Gasteiger partial charge is 0.0708 e. The molecule has 0 radical (unpaired) electrons. The summed E-state index contributed by atoms with van der Waals surface area (Å²) in [6, 6.07) is 1.09. The Morgan fingerprint density at radius 1 is 1.33 bits per heavy atom. The maximum Gasteiger partial charge on any atom is 0.0708 e. The van der Waals surface area contributed by atoms with Crippen molar-refractivity contribution in [1.82, 2.24) is 5.32 Å². The summed E-state index contributed by atoms with van der Waals surface area (Å²) in [5, 5.41) is 12.5. The molecule has 9 heavy (non-hydrogen) atoms. The molecule has 3 heteroatoms. The van der Waals surface area contributed by atoms with Gasteiger partial charge in [-0.05, 0) is 19.3 Å². The molecule has 0 aromatic heterocycles. The van der Waals surface area contributed by atoms with Gasteiger partial charge in [-0.1, -0.05) is 0 Å². The molecular weight excluding hydrogens is 138 g/mol. The number of aliphatic hydroxyl groups is 1. The molecule has 2 heterocycles. The summed E-state index contributed by atoms with van der Waals surface area (Å²) in [5.74, 6) is 0. The van der Waals surface area contributed by atoms with Gasteiger partial charge in [0.1, 0.15) is 0 Å². The van der Waals surface area contributed by atoms with Crippen LogP contribution in [0.1, 0.15) is 19.3 Å². The molecule has 2 nitrogen and oxygen atoms in total. The molecule has 3 atom stereocenters. The Morgan fingerprint density at radius 3 is 2.33 bits per heavy atom. The molecule has 0 aromatic carbocycles. The third-order valence-electron chi connectivity index (χ3n) is 2.27. The highest BCUT2D eigenvalue weighted by atomic mass is 35.5. The van der Waals surface area contributed by atoms with Gasteiger partial charge in [0.25, 0.3) is 0 Å². The van der Waals surface area contributed by atoms with Gasteiger partial charge in [-0.25, -0.2) is 0 Å². The fourth-order valence-electron chi connectivity index (χ4n) is 1.80. The average molecular weight is 150 g/mol. The monoisotopic (exact) mass is 149 g/mol. The van der Waals surface area contributed by atoms with Crippen molar-refractivity contribution in [1.29, 1.82) is 0 Å². The quantitative estimate of drug-likeness (QED) is 0.519. The number of aliphatic hydroxyl groups excluding tert-OH is 1. The van der Waals surface area contributed by atoms with Crippen molar-refractivity contribution >= 4 is 12.4 Å². The van der Waals surface area contributed by atoms with Crippen molar-refractivity contribution in [3.63, 3.8) is 0 Å². The summed E-state index contributed by atoms with van der Waals surface area (Å²) in [7, 11) is 0. The fraction of sp³-hybridized carbons (Fsp3) is 1.00. The van der Waals surface area contributed by atoms with Crippen LogP contribution in [0.3, 0.4) is 0 Å². The lowest BCUT2D eigenvalue weighted by atomic mass is 9.98. The van der Waals surface area contributed by atoms with E-state index in [2.05, 4.69) is 5.32 Å². The first-order valence-corrected chi connectivity index (χ1v) is 3.30. The molecule has 2 fully saturated rings. The number of nitrogens with one attached hydrogen (secondary N) is 1. The molecule has 0 amide bonds. The Kier molecular flexibility index (Phi) is 1.99. The van der Waals surface area contributed by atoms with Crippen molar-refractivity contribution in [3.05, 3.63) is 0 Å². The summed E-state index contributed by atoms with van der Waals surface area (Å²) < 4.78 is 0. The molecule has 2 N–H and O–H groups in total. The van der Waals surface area contributed by atoms with Gasteiger partial charge in [-0.3, -0.25) is 0 Å². The van der Waals surface area contributed by atoms with Gasteiger partial charge < -0.3 is 10.4 Å². The highest BCUT2D eigenvalue weighted by Crippen LogP contribution is 2.27. The minimum absolute atomic E-state index is 0. The van der Waals surface area contributed by atoms with Gasteiger partial charge in [0.05, 0.1) is 6.10 Å². The Bertz CT molecular complexity index is 107. The molecule has 2 aliphatic rings. The minimum Gasteiger partial charge on any atom is -0.391 e. The summed E-state index contributed by atoms with van der Waals surface area (Å²) in [6.07, 6.45) is 3.42. The molecule has 0 spiro atoms. The molecule has 2 aliphatic heterocycles. The second kappa shape index (κ2) is 2.45. The van der Waals surface area contributed by atoms with E-state index in [9.17, 15) is 0 Å². The van der Waals surface area contributed by atoms with Crippen LogP contribution in [0, 0.1) is 0 Å². The third-order valence-corrected chi connectivity index (χ3v) is 2.27. The van der Waals surface area contributed by atoms with Crippen molar-refractivity contribution in [3.8, 4) is 0 Å². The van der Waals surface area contributed by atoms with Crippen LogP contribution in [0.15, 0.2) is 0 Å². The van der Waals surface area contributed by atoms with Crippen molar-refractivity contribution in [2.24, 2.45) is 0 Å². The Labute approximate surface area is 61.0 Å². The van der Waals surface area contributed by atoms with E-state index in [4.69, 9.17) is 5.11 Å². The first-order chi connectivity index (χ1) is 3.86. The van der Waals surface area contributed by atoms with Crippen LogP contribution in [0.5, 0.6) is 0 Å².